The Morgan fingerprint density at radius 1 is 1.56 bits per heavy atom. The summed E-state index contributed by atoms with van der Waals surface area (Å²) < 4.78 is 10.7. The first-order chi connectivity index (χ1) is 8.54. The van der Waals surface area contributed by atoms with Crippen molar-refractivity contribution in [2.45, 2.75) is 17.9 Å². The van der Waals surface area contributed by atoms with Crippen LogP contribution in [0.2, 0.25) is 0 Å². The van der Waals surface area contributed by atoms with Crippen LogP contribution < -0.4 is 4.74 Å². The van der Waals surface area contributed by atoms with Gasteiger partial charge < -0.3 is 14.6 Å². The Kier molecular flexibility index (Phi) is 5.98. The number of aliphatic hydroxyl groups excluding tert-OH is 1. The lowest BCUT2D eigenvalue weighted by atomic mass is 10.1. The van der Waals surface area contributed by atoms with Crippen molar-refractivity contribution in [3.8, 4) is 5.75 Å². The summed E-state index contributed by atoms with van der Waals surface area (Å²) in [6.45, 7) is 1.94. The molecule has 6 heteroatoms. The van der Waals surface area contributed by atoms with Gasteiger partial charge in [-0.1, -0.05) is 0 Å². The number of carbonyl (C=O) groups is 1. The monoisotopic (exact) mass is 334 g/mol. The van der Waals surface area contributed by atoms with Crippen LogP contribution in [0, 0.1) is 0 Å². The number of hydrogen-bond acceptors (Lipinski definition) is 5. The molecule has 4 nitrogen and oxygen atoms in total. The number of ether oxygens (including phenoxy) is 2. The lowest BCUT2D eigenvalue weighted by Crippen LogP contribution is -2.15. The first kappa shape index (κ1) is 15.3. The standard InChI is InChI=1S/C12H15BrO4S/c1-4-17-12(15)10(14)7-5-8(13)11(16-2)9(6-7)18-3/h5-6,10,14H,4H2,1-3H3. The van der Waals surface area contributed by atoms with Gasteiger partial charge in [-0.05, 0) is 46.8 Å². The number of halogens is 1. The zero-order chi connectivity index (χ0) is 13.7. The van der Waals surface area contributed by atoms with Crippen molar-refractivity contribution in [2.75, 3.05) is 20.0 Å². The maximum Gasteiger partial charge on any atom is 0.339 e. The number of methoxy groups -OCH3 is 1. The average Bonchev–Trinajstić information content (AvgIpc) is 2.36. The summed E-state index contributed by atoms with van der Waals surface area (Å²) in [5, 5.41) is 9.88. The highest BCUT2D eigenvalue weighted by Crippen LogP contribution is 2.37. The van der Waals surface area contributed by atoms with E-state index in [2.05, 4.69) is 15.9 Å². The molecule has 0 aliphatic rings. The largest absolute Gasteiger partial charge is 0.494 e. The van der Waals surface area contributed by atoms with Crippen LogP contribution in [-0.2, 0) is 9.53 Å². The third-order valence-corrected chi connectivity index (χ3v) is 3.61. The van der Waals surface area contributed by atoms with Crippen molar-refractivity contribution in [2.24, 2.45) is 0 Å². The fraction of sp³-hybridized carbons (Fsp3) is 0.417. The second-order valence-electron chi connectivity index (χ2n) is 3.39. The van der Waals surface area contributed by atoms with E-state index in [1.54, 1.807) is 26.2 Å². The molecule has 1 unspecified atom stereocenters. The fourth-order valence-corrected chi connectivity index (χ4v) is 2.86. The lowest BCUT2D eigenvalue weighted by molar-refractivity contribution is -0.153. The van der Waals surface area contributed by atoms with Crippen LogP contribution >= 0.6 is 27.7 Å². The van der Waals surface area contributed by atoms with Crippen molar-refractivity contribution >= 4 is 33.7 Å². The maximum atomic E-state index is 11.5. The smallest absolute Gasteiger partial charge is 0.339 e. The van der Waals surface area contributed by atoms with E-state index in [9.17, 15) is 9.90 Å². The molecule has 1 rings (SSSR count). The Balaban J connectivity index is 3.11. The predicted octanol–water partition coefficient (Wildman–Crippen LogP) is 2.78. The number of thioether (sulfide) groups is 1. The number of aliphatic hydroxyl groups is 1. The van der Waals surface area contributed by atoms with Gasteiger partial charge in [-0.25, -0.2) is 4.79 Å². The molecule has 0 amide bonds. The summed E-state index contributed by atoms with van der Waals surface area (Å²) in [7, 11) is 1.57. The normalized spacial score (nSPS) is 12.1. The van der Waals surface area contributed by atoms with Gasteiger partial charge in [-0.15, -0.1) is 11.8 Å². The SMILES string of the molecule is CCOC(=O)C(O)c1cc(Br)c(OC)c(SC)c1. The summed E-state index contributed by atoms with van der Waals surface area (Å²) in [5.74, 6) is 0.0314. The van der Waals surface area contributed by atoms with Gasteiger partial charge in [-0.3, -0.25) is 0 Å². The number of carbonyl (C=O) groups excluding carboxylic acids is 1. The van der Waals surface area contributed by atoms with Gasteiger partial charge in [0.05, 0.1) is 23.1 Å². The molecule has 0 spiro atoms. The molecule has 0 radical (unpaired) electrons. The fourth-order valence-electron chi connectivity index (χ4n) is 1.45. The van der Waals surface area contributed by atoms with Gasteiger partial charge in [0.1, 0.15) is 5.75 Å². The molecule has 100 valence electrons. The third-order valence-electron chi connectivity index (χ3n) is 2.28. The predicted molar refractivity (Wildman–Crippen MR) is 74.1 cm³/mol. The highest BCUT2D eigenvalue weighted by Gasteiger charge is 2.21. The van der Waals surface area contributed by atoms with E-state index in [1.165, 1.54) is 11.8 Å². The van der Waals surface area contributed by atoms with Crippen molar-refractivity contribution < 1.29 is 19.4 Å². The van der Waals surface area contributed by atoms with Crippen LogP contribution in [0.15, 0.2) is 21.5 Å². The Hall–Kier alpha value is -0.720. The van der Waals surface area contributed by atoms with E-state index in [-0.39, 0.29) is 6.61 Å². The minimum Gasteiger partial charge on any atom is -0.494 e. The zero-order valence-corrected chi connectivity index (χ0v) is 12.8. The van der Waals surface area contributed by atoms with E-state index in [0.29, 0.717) is 15.8 Å². The average molecular weight is 335 g/mol. The molecular weight excluding hydrogens is 320 g/mol. The Morgan fingerprint density at radius 3 is 2.72 bits per heavy atom. The summed E-state index contributed by atoms with van der Waals surface area (Å²) in [4.78, 5) is 12.3. The van der Waals surface area contributed by atoms with Crippen LogP contribution in [-0.4, -0.2) is 31.0 Å². The van der Waals surface area contributed by atoms with Gasteiger partial charge in [0.2, 0.25) is 0 Å². The summed E-state index contributed by atoms with van der Waals surface area (Å²) in [6, 6.07) is 3.37. The molecule has 0 aromatic heterocycles. The molecule has 0 saturated carbocycles. The maximum absolute atomic E-state index is 11.5. The Bertz CT molecular complexity index is 436. The molecule has 1 aromatic carbocycles. The molecule has 1 N–H and O–H groups in total. The second-order valence-corrected chi connectivity index (χ2v) is 5.10. The first-order valence-corrected chi connectivity index (χ1v) is 7.33. The topological polar surface area (TPSA) is 55.8 Å². The summed E-state index contributed by atoms with van der Waals surface area (Å²) >= 11 is 4.83. The zero-order valence-electron chi connectivity index (χ0n) is 10.4. The third kappa shape index (κ3) is 3.40. The van der Waals surface area contributed by atoms with Gasteiger partial charge in [0.15, 0.2) is 6.10 Å². The highest BCUT2D eigenvalue weighted by molar-refractivity contribution is 9.10. The van der Waals surface area contributed by atoms with E-state index in [0.717, 1.165) is 4.90 Å². The van der Waals surface area contributed by atoms with Crippen LogP contribution in [0.4, 0.5) is 0 Å². The van der Waals surface area contributed by atoms with Crippen molar-refractivity contribution in [1.29, 1.82) is 0 Å². The van der Waals surface area contributed by atoms with Crippen LogP contribution in [0.1, 0.15) is 18.6 Å². The van der Waals surface area contributed by atoms with Crippen LogP contribution in [0.5, 0.6) is 5.75 Å². The molecule has 18 heavy (non-hydrogen) atoms. The van der Waals surface area contributed by atoms with Gasteiger partial charge in [-0.2, -0.15) is 0 Å². The summed E-state index contributed by atoms with van der Waals surface area (Å²) in [6.07, 6.45) is 0.614. The highest BCUT2D eigenvalue weighted by atomic mass is 79.9. The number of hydrogen-bond donors (Lipinski definition) is 1. The molecule has 0 aliphatic heterocycles. The number of benzene rings is 1. The number of esters is 1. The second kappa shape index (κ2) is 7.01. The van der Waals surface area contributed by atoms with Gasteiger partial charge >= 0.3 is 5.97 Å². The Labute approximate surface area is 119 Å². The molecule has 0 saturated heterocycles. The van der Waals surface area contributed by atoms with E-state index in [1.807, 2.05) is 6.26 Å². The first-order valence-electron chi connectivity index (χ1n) is 5.31. The van der Waals surface area contributed by atoms with Crippen LogP contribution in [0.25, 0.3) is 0 Å². The van der Waals surface area contributed by atoms with Gasteiger partial charge in [0, 0.05) is 0 Å². The van der Waals surface area contributed by atoms with Gasteiger partial charge in [0.25, 0.3) is 0 Å². The summed E-state index contributed by atoms with van der Waals surface area (Å²) in [5.41, 5.74) is 0.477. The quantitative estimate of drug-likeness (QED) is 0.662. The Morgan fingerprint density at radius 2 is 2.22 bits per heavy atom. The molecule has 0 bridgehead atoms. The van der Waals surface area contributed by atoms with E-state index in [4.69, 9.17) is 9.47 Å². The number of rotatable bonds is 5. The van der Waals surface area contributed by atoms with Crippen molar-refractivity contribution in [1.82, 2.24) is 0 Å². The molecule has 0 aliphatic carbocycles. The van der Waals surface area contributed by atoms with E-state index < -0.39 is 12.1 Å². The molecular formula is C12H15BrO4S. The molecule has 0 heterocycles. The van der Waals surface area contributed by atoms with Crippen LogP contribution in [0.3, 0.4) is 0 Å². The van der Waals surface area contributed by atoms with Crippen molar-refractivity contribution in [3.63, 3.8) is 0 Å². The molecule has 1 aromatic rings. The minimum absolute atomic E-state index is 0.239. The van der Waals surface area contributed by atoms with Crippen molar-refractivity contribution in [3.05, 3.63) is 22.2 Å². The minimum atomic E-state index is -1.28. The molecule has 1 atom stereocenters. The lowest BCUT2D eigenvalue weighted by Gasteiger charge is -2.14. The molecule has 0 fully saturated rings. The van der Waals surface area contributed by atoms with E-state index >= 15 is 0 Å².